The zero-order chi connectivity index (χ0) is 23.1. The van der Waals surface area contributed by atoms with Crippen molar-refractivity contribution in [1.82, 2.24) is 10.3 Å². The first-order valence-electron chi connectivity index (χ1n) is 11.6. The molecule has 2 aliphatic heterocycles. The van der Waals surface area contributed by atoms with Gasteiger partial charge in [0.25, 0.3) is 5.91 Å². The number of anilines is 1. The summed E-state index contributed by atoms with van der Waals surface area (Å²) in [7, 11) is 1.68. The number of amidine groups is 1. The molecule has 1 unspecified atom stereocenters. The first-order valence-corrected chi connectivity index (χ1v) is 11.6. The summed E-state index contributed by atoms with van der Waals surface area (Å²) in [5.74, 6) is 2.55. The summed E-state index contributed by atoms with van der Waals surface area (Å²) in [4.78, 5) is 24.4. The van der Waals surface area contributed by atoms with Gasteiger partial charge in [-0.25, -0.2) is 9.98 Å². The van der Waals surface area contributed by atoms with Gasteiger partial charge in [-0.15, -0.1) is 0 Å². The van der Waals surface area contributed by atoms with E-state index in [0.717, 1.165) is 42.4 Å². The first-order chi connectivity index (χ1) is 15.4. The van der Waals surface area contributed by atoms with Crippen LogP contribution in [0.4, 0.5) is 5.82 Å². The maximum atomic E-state index is 13.0. The van der Waals surface area contributed by atoms with Crippen molar-refractivity contribution in [3.63, 3.8) is 0 Å². The average molecular weight is 441 g/mol. The number of hydrogen-bond acceptors (Lipinski definition) is 6. The zero-order valence-electron chi connectivity index (χ0n) is 20.0. The molecule has 1 fully saturated rings. The number of ether oxygens (including phenoxy) is 2. The minimum Gasteiger partial charge on any atom is -0.501 e. The van der Waals surface area contributed by atoms with Crippen LogP contribution in [-0.4, -0.2) is 50.1 Å². The number of nitrogens with one attached hydrogen (secondary N) is 1. The van der Waals surface area contributed by atoms with Crippen molar-refractivity contribution >= 4 is 17.6 Å². The van der Waals surface area contributed by atoms with Gasteiger partial charge in [-0.1, -0.05) is 26.7 Å². The normalized spacial score (nSPS) is 20.5. The third-order valence-corrected chi connectivity index (χ3v) is 6.31. The van der Waals surface area contributed by atoms with E-state index in [0.29, 0.717) is 37.0 Å². The number of nitrogens with zero attached hydrogens (tertiary/aromatic N) is 3. The van der Waals surface area contributed by atoms with E-state index in [1.165, 1.54) is 18.4 Å². The molecule has 7 heteroatoms. The molecule has 0 aliphatic carbocycles. The van der Waals surface area contributed by atoms with Crippen molar-refractivity contribution in [2.24, 2.45) is 10.9 Å². The SMILES string of the molecule is CCCCC(C)/C(C)=C1\N=C(NC(=O)c2ccnc(N3CCOCC3)c2)C\C1=C(\C)OC. The van der Waals surface area contributed by atoms with Gasteiger partial charge in [0.2, 0.25) is 0 Å². The van der Waals surface area contributed by atoms with Crippen LogP contribution >= 0.6 is 0 Å². The number of hydrogen-bond donors (Lipinski definition) is 1. The van der Waals surface area contributed by atoms with Crippen LogP contribution in [0.1, 0.15) is 63.7 Å². The van der Waals surface area contributed by atoms with Crippen LogP contribution in [0.2, 0.25) is 0 Å². The number of unbranched alkanes of at least 4 members (excludes halogenated alkanes) is 1. The molecule has 1 aromatic heterocycles. The second-order valence-corrected chi connectivity index (χ2v) is 8.51. The zero-order valence-corrected chi connectivity index (χ0v) is 20.0. The highest BCUT2D eigenvalue weighted by atomic mass is 16.5. The van der Waals surface area contributed by atoms with Crippen molar-refractivity contribution < 1.29 is 14.3 Å². The Morgan fingerprint density at radius 1 is 1.31 bits per heavy atom. The van der Waals surface area contributed by atoms with Crippen molar-refractivity contribution in [1.29, 1.82) is 0 Å². The summed E-state index contributed by atoms with van der Waals surface area (Å²) in [6, 6.07) is 3.57. The molecule has 0 spiro atoms. The van der Waals surface area contributed by atoms with Gasteiger partial charge in [0.1, 0.15) is 11.7 Å². The number of carbonyl (C=O) groups is 1. The molecule has 3 rings (SSSR count). The standard InChI is InChI=1S/C25H36N4O3/c1-6-7-8-17(2)18(3)24-21(19(4)31-5)16-22(27-24)28-25(30)20-9-10-26-23(15-20)29-11-13-32-14-12-29/h9-10,15,17H,6-8,11-14,16H2,1-5H3,(H,27,28,30)/b21-19+,24-18-. The predicted octanol–water partition coefficient (Wildman–Crippen LogP) is 4.47. The van der Waals surface area contributed by atoms with Crippen molar-refractivity contribution in [3.05, 3.63) is 46.5 Å². The van der Waals surface area contributed by atoms with E-state index in [9.17, 15) is 4.79 Å². The molecule has 1 aromatic rings. The summed E-state index contributed by atoms with van der Waals surface area (Å²) in [5, 5.41) is 3.02. The minimum absolute atomic E-state index is 0.173. The lowest BCUT2D eigenvalue weighted by Gasteiger charge is -2.27. The van der Waals surface area contributed by atoms with Gasteiger partial charge in [-0.3, -0.25) is 4.79 Å². The second kappa shape index (κ2) is 11.3. The Hall–Kier alpha value is -2.67. The molecule has 3 heterocycles. The van der Waals surface area contributed by atoms with Crippen LogP contribution in [0, 0.1) is 5.92 Å². The molecule has 1 amide bonds. The summed E-state index contributed by atoms with van der Waals surface area (Å²) in [6.45, 7) is 11.5. The number of amides is 1. The van der Waals surface area contributed by atoms with E-state index in [2.05, 4.69) is 36.0 Å². The van der Waals surface area contributed by atoms with Crippen molar-refractivity contribution in [3.8, 4) is 0 Å². The molecule has 1 saturated heterocycles. The van der Waals surface area contributed by atoms with Crippen LogP contribution in [0.5, 0.6) is 0 Å². The molecule has 0 bridgehead atoms. The fourth-order valence-electron chi connectivity index (χ4n) is 3.99. The fraction of sp³-hybridized carbons (Fsp3) is 0.560. The van der Waals surface area contributed by atoms with Crippen LogP contribution in [-0.2, 0) is 9.47 Å². The van der Waals surface area contributed by atoms with Crippen LogP contribution in [0.3, 0.4) is 0 Å². The Kier molecular flexibility index (Phi) is 8.45. The van der Waals surface area contributed by atoms with Gasteiger partial charge in [0, 0.05) is 36.8 Å². The quantitative estimate of drug-likeness (QED) is 0.633. The smallest absolute Gasteiger partial charge is 0.256 e. The molecular weight excluding hydrogens is 404 g/mol. The number of morpholine rings is 1. The average Bonchev–Trinajstić information content (AvgIpc) is 3.25. The molecule has 2 aliphatic rings. The van der Waals surface area contributed by atoms with Crippen LogP contribution in [0.25, 0.3) is 0 Å². The van der Waals surface area contributed by atoms with Gasteiger partial charge in [0.05, 0.1) is 31.8 Å². The monoisotopic (exact) mass is 440 g/mol. The van der Waals surface area contributed by atoms with Gasteiger partial charge in [0.15, 0.2) is 0 Å². The van der Waals surface area contributed by atoms with Crippen molar-refractivity contribution in [2.45, 2.75) is 53.4 Å². The Morgan fingerprint density at radius 2 is 2.06 bits per heavy atom. The lowest BCUT2D eigenvalue weighted by Crippen LogP contribution is -2.37. The maximum absolute atomic E-state index is 13.0. The molecule has 0 saturated carbocycles. The molecule has 1 atom stereocenters. The number of pyridine rings is 1. The molecule has 32 heavy (non-hydrogen) atoms. The predicted molar refractivity (Wildman–Crippen MR) is 128 cm³/mol. The largest absolute Gasteiger partial charge is 0.501 e. The Balaban J connectivity index is 1.80. The second-order valence-electron chi connectivity index (χ2n) is 8.51. The topological polar surface area (TPSA) is 76.1 Å². The van der Waals surface area contributed by atoms with Gasteiger partial charge >= 0.3 is 0 Å². The number of carbonyl (C=O) groups excluding carboxylic acids is 1. The van der Waals surface area contributed by atoms with Gasteiger partial charge < -0.3 is 19.7 Å². The Bertz CT molecular complexity index is 914. The lowest BCUT2D eigenvalue weighted by molar-refractivity contribution is 0.0976. The number of methoxy groups -OCH3 is 1. The van der Waals surface area contributed by atoms with Gasteiger partial charge in [-0.2, -0.15) is 0 Å². The highest BCUT2D eigenvalue weighted by Crippen LogP contribution is 2.33. The maximum Gasteiger partial charge on any atom is 0.256 e. The minimum atomic E-state index is -0.173. The van der Waals surface area contributed by atoms with Gasteiger partial charge in [-0.05, 0) is 43.9 Å². The summed E-state index contributed by atoms with van der Waals surface area (Å²) >= 11 is 0. The third kappa shape index (κ3) is 5.76. The van der Waals surface area contributed by atoms with E-state index >= 15 is 0 Å². The molecule has 0 radical (unpaired) electrons. The summed E-state index contributed by atoms with van der Waals surface area (Å²) < 4.78 is 10.9. The molecule has 7 nitrogen and oxygen atoms in total. The van der Waals surface area contributed by atoms with E-state index in [-0.39, 0.29) is 5.91 Å². The number of aromatic nitrogens is 1. The summed E-state index contributed by atoms with van der Waals surface area (Å²) in [5.41, 5.74) is 3.82. The molecular formula is C25H36N4O3. The lowest BCUT2D eigenvalue weighted by atomic mass is 9.92. The van der Waals surface area contributed by atoms with E-state index in [1.54, 1.807) is 19.4 Å². The fourth-order valence-corrected chi connectivity index (χ4v) is 3.99. The number of allylic oxidation sites excluding steroid dienone is 3. The highest BCUT2D eigenvalue weighted by Gasteiger charge is 2.26. The number of aliphatic imine (C=N–C) groups is 1. The van der Waals surface area contributed by atoms with E-state index in [1.807, 2.05) is 13.0 Å². The summed E-state index contributed by atoms with van der Waals surface area (Å²) in [6.07, 6.45) is 5.73. The van der Waals surface area contributed by atoms with E-state index < -0.39 is 0 Å². The van der Waals surface area contributed by atoms with Crippen LogP contribution in [0.15, 0.2) is 45.9 Å². The molecule has 0 aromatic carbocycles. The highest BCUT2D eigenvalue weighted by molar-refractivity contribution is 6.08. The number of rotatable bonds is 7. The van der Waals surface area contributed by atoms with Crippen LogP contribution < -0.4 is 10.2 Å². The first kappa shape index (κ1) is 24.0. The Labute approximate surface area is 191 Å². The van der Waals surface area contributed by atoms with E-state index in [4.69, 9.17) is 14.5 Å². The molecule has 174 valence electrons. The molecule has 1 N–H and O–H groups in total. The third-order valence-electron chi connectivity index (χ3n) is 6.31. The Morgan fingerprint density at radius 3 is 2.75 bits per heavy atom. The van der Waals surface area contributed by atoms with Crippen molar-refractivity contribution in [2.75, 3.05) is 38.3 Å².